The average molecular weight is 353 g/mol. The van der Waals surface area contributed by atoms with Gasteiger partial charge in [0.15, 0.2) is 6.10 Å². The van der Waals surface area contributed by atoms with Gasteiger partial charge in [-0.2, -0.15) is 0 Å². The Morgan fingerprint density at radius 3 is 2.58 bits per heavy atom. The highest BCUT2D eigenvalue weighted by Gasteiger charge is 2.21. The first-order valence-electron chi connectivity index (χ1n) is 7.38. The second-order valence-electron chi connectivity index (χ2n) is 5.23. The normalized spacial score (nSPS) is 11.9. The van der Waals surface area contributed by atoms with E-state index in [-0.39, 0.29) is 5.69 Å². The minimum Gasteiger partial charge on any atom is -0.448 e. The van der Waals surface area contributed by atoms with Crippen LogP contribution in [0.4, 0.5) is 14.5 Å². The van der Waals surface area contributed by atoms with Crippen molar-refractivity contribution >= 4 is 28.9 Å². The molecule has 2 rings (SSSR count). The van der Waals surface area contributed by atoms with Gasteiger partial charge in [0.25, 0.3) is 5.91 Å². The minimum atomic E-state index is -1.12. The number of benzene rings is 1. The van der Waals surface area contributed by atoms with Crippen LogP contribution < -0.4 is 5.32 Å². The van der Waals surface area contributed by atoms with Gasteiger partial charge in [0.05, 0.1) is 5.69 Å². The molecule has 1 heterocycles. The Bertz CT molecular complexity index is 773. The zero-order valence-corrected chi connectivity index (χ0v) is 14.3. The van der Waals surface area contributed by atoms with Gasteiger partial charge in [0.2, 0.25) is 0 Å². The molecule has 0 fully saturated rings. The summed E-state index contributed by atoms with van der Waals surface area (Å²) in [5.41, 5.74) is 0.824. The molecular formula is C17H17F2NO3S. The maximum atomic E-state index is 13.5. The number of ether oxygens (including phenoxy) is 1. The van der Waals surface area contributed by atoms with Crippen LogP contribution in [0.5, 0.6) is 0 Å². The molecule has 0 aliphatic heterocycles. The molecule has 7 heteroatoms. The minimum absolute atomic E-state index is 0.176. The number of carbonyl (C=O) groups excluding carboxylic acids is 2. The molecule has 0 spiro atoms. The van der Waals surface area contributed by atoms with E-state index < -0.39 is 29.6 Å². The number of carbonyl (C=O) groups is 2. The van der Waals surface area contributed by atoms with E-state index in [9.17, 15) is 18.4 Å². The van der Waals surface area contributed by atoms with E-state index in [1.54, 1.807) is 6.07 Å². The number of thiophene rings is 1. The van der Waals surface area contributed by atoms with E-state index in [1.807, 2.05) is 13.8 Å². The van der Waals surface area contributed by atoms with E-state index in [1.165, 1.54) is 18.3 Å². The molecule has 0 saturated heterocycles. The molecule has 128 valence electrons. The molecule has 1 aromatic carbocycles. The summed E-state index contributed by atoms with van der Waals surface area (Å²) in [7, 11) is 0. The fraction of sp³-hybridized carbons (Fsp3) is 0.294. The summed E-state index contributed by atoms with van der Waals surface area (Å²) in [4.78, 5) is 25.6. The number of nitrogens with one attached hydrogen (secondary N) is 1. The van der Waals surface area contributed by atoms with Gasteiger partial charge in [0, 0.05) is 10.9 Å². The quantitative estimate of drug-likeness (QED) is 0.824. The van der Waals surface area contributed by atoms with Crippen LogP contribution in [0, 0.1) is 18.6 Å². The molecule has 0 saturated carbocycles. The van der Waals surface area contributed by atoms with Crippen molar-refractivity contribution in [1.82, 2.24) is 0 Å². The van der Waals surface area contributed by atoms with Gasteiger partial charge in [-0.05, 0) is 44.0 Å². The van der Waals surface area contributed by atoms with E-state index >= 15 is 0 Å². The second kappa shape index (κ2) is 7.53. The van der Waals surface area contributed by atoms with Crippen molar-refractivity contribution in [2.75, 3.05) is 5.32 Å². The molecule has 4 nitrogen and oxygen atoms in total. The van der Waals surface area contributed by atoms with Gasteiger partial charge in [-0.3, -0.25) is 4.79 Å². The zero-order chi connectivity index (χ0) is 17.9. The van der Waals surface area contributed by atoms with Crippen LogP contribution in [0.25, 0.3) is 0 Å². The van der Waals surface area contributed by atoms with Crippen LogP contribution in [0.15, 0.2) is 24.3 Å². The van der Waals surface area contributed by atoms with Crippen molar-refractivity contribution in [2.45, 2.75) is 33.3 Å². The molecule has 0 aliphatic rings. The van der Waals surface area contributed by atoms with Crippen LogP contribution in [0.1, 0.15) is 34.0 Å². The maximum Gasteiger partial charge on any atom is 0.349 e. The van der Waals surface area contributed by atoms with Crippen molar-refractivity contribution in [3.8, 4) is 0 Å². The molecule has 1 unspecified atom stereocenters. The van der Waals surface area contributed by atoms with E-state index in [2.05, 4.69) is 5.32 Å². The zero-order valence-electron chi connectivity index (χ0n) is 13.5. The third-order valence-electron chi connectivity index (χ3n) is 3.38. The first-order valence-corrected chi connectivity index (χ1v) is 8.19. The highest BCUT2D eigenvalue weighted by Crippen LogP contribution is 2.23. The molecule has 0 bridgehead atoms. The van der Waals surface area contributed by atoms with Crippen LogP contribution >= 0.6 is 11.3 Å². The Labute approximate surface area is 142 Å². The summed E-state index contributed by atoms with van der Waals surface area (Å²) in [5.74, 6) is -2.95. The average Bonchev–Trinajstić information content (AvgIpc) is 2.91. The van der Waals surface area contributed by atoms with Crippen molar-refractivity contribution in [2.24, 2.45) is 0 Å². The lowest BCUT2D eigenvalue weighted by molar-refractivity contribution is -0.123. The number of esters is 1. The first kappa shape index (κ1) is 18.1. The summed E-state index contributed by atoms with van der Waals surface area (Å²) in [6.07, 6.45) is -0.307. The highest BCUT2D eigenvalue weighted by atomic mass is 32.1. The lowest BCUT2D eigenvalue weighted by Crippen LogP contribution is -2.30. The summed E-state index contributed by atoms with van der Waals surface area (Å²) in [5, 5.41) is 2.27. The Hall–Kier alpha value is -2.28. The van der Waals surface area contributed by atoms with Gasteiger partial charge in [-0.25, -0.2) is 13.6 Å². The van der Waals surface area contributed by atoms with Gasteiger partial charge in [0.1, 0.15) is 16.5 Å². The molecule has 1 amide bonds. The number of amides is 1. The molecule has 24 heavy (non-hydrogen) atoms. The van der Waals surface area contributed by atoms with Gasteiger partial charge in [-0.1, -0.05) is 6.92 Å². The summed E-state index contributed by atoms with van der Waals surface area (Å²) in [6, 6.07) is 4.51. The molecule has 0 aliphatic carbocycles. The van der Waals surface area contributed by atoms with E-state index in [4.69, 9.17) is 4.74 Å². The summed E-state index contributed by atoms with van der Waals surface area (Å²) in [6.45, 7) is 5.27. The SMILES string of the molecule is CCc1sc(C(=O)OC(C)C(=O)Nc2ccc(F)cc2F)cc1C. The standard InChI is InChI=1S/C17H17F2NO3S/c1-4-14-9(2)7-15(24-14)17(22)23-10(3)16(21)20-13-6-5-11(18)8-12(13)19/h5-8,10H,4H2,1-3H3,(H,20,21). The molecular weight excluding hydrogens is 336 g/mol. The van der Waals surface area contributed by atoms with E-state index in [0.717, 1.165) is 29.0 Å². The smallest absolute Gasteiger partial charge is 0.349 e. The van der Waals surface area contributed by atoms with Crippen LogP contribution in [0.2, 0.25) is 0 Å². The predicted octanol–water partition coefficient (Wildman–Crippen LogP) is 4.08. The van der Waals surface area contributed by atoms with Crippen LogP contribution in [-0.4, -0.2) is 18.0 Å². The summed E-state index contributed by atoms with van der Waals surface area (Å²) < 4.78 is 31.5. The van der Waals surface area contributed by atoms with Gasteiger partial charge in [-0.15, -0.1) is 11.3 Å². The molecule has 0 radical (unpaired) electrons. The number of rotatable bonds is 5. The Morgan fingerprint density at radius 2 is 2.00 bits per heavy atom. The van der Waals surface area contributed by atoms with Crippen LogP contribution in [0.3, 0.4) is 0 Å². The number of hydrogen-bond acceptors (Lipinski definition) is 4. The number of halogens is 2. The Morgan fingerprint density at radius 1 is 1.29 bits per heavy atom. The number of aryl methyl sites for hydroxylation is 2. The number of hydrogen-bond donors (Lipinski definition) is 1. The van der Waals surface area contributed by atoms with E-state index in [0.29, 0.717) is 10.9 Å². The fourth-order valence-corrected chi connectivity index (χ4v) is 3.07. The second-order valence-corrected chi connectivity index (χ2v) is 6.37. The largest absolute Gasteiger partial charge is 0.448 e. The van der Waals surface area contributed by atoms with Gasteiger partial charge < -0.3 is 10.1 Å². The molecule has 1 atom stereocenters. The number of anilines is 1. The summed E-state index contributed by atoms with van der Waals surface area (Å²) >= 11 is 1.32. The van der Waals surface area contributed by atoms with Crippen LogP contribution in [-0.2, 0) is 16.0 Å². The Kier molecular flexibility index (Phi) is 5.66. The molecule has 1 N–H and O–H groups in total. The third kappa shape index (κ3) is 4.17. The topological polar surface area (TPSA) is 55.4 Å². The van der Waals surface area contributed by atoms with Crippen molar-refractivity contribution in [1.29, 1.82) is 0 Å². The highest BCUT2D eigenvalue weighted by molar-refractivity contribution is 7.14. The van der Waals surface area contributed by atoms with Crippen molar-refractivity contribution < 1.29 is 23.1 Å². The fourth-order valence-electron chi connectivity index (χ4n) is 2.07. The van der Waals surface area contributed by atoms with Crippen molar-refractivity contribution in [3.05, 3.63) is 51.2 Å². The lowest BCUT2D eigenvalue weighted by Gasteiger charge is -2.13. The molecule has 2 aromatic rings. The van der Waals surface area contributed by atoms with Gasteiger partial charge >= 0.3 is 5.97 Å². The predicted molar refractivity (Wildman–Crippen MR) is 88.3 cm³/mol. The Balaban J connectivity index is 2.01. The first-order chi connectivity index (χ1) is 11.3. The molecule has 1 aromatic heterocycles. The van der Waals surface area contributed by atoms with Crippen molar-refractivity contribution in [3.63, 3.8) is 0 Å². The maximum absolute atomic E-state index is 13.5. The monoisotopic (exact) mass is 353 g/mol. The third-order valence-corrected chi connectivity index (χ3v) is 4.75. The lowest BCUT2D eigenvalue weighted by atomic mass is 10.2.